The summed E-state index contributed by atoms with van der Waals surface area (Å²) in [4.78, 5) is 0. The van der Waals surface area contributed by atoms with Crippen LogP contribution in [0.3, 0.4) is 0 Å². The summed E-state index contributed by atoms with van der Waals surface area (Å²) in [7, 11) is 1.30. The Morgan fingerprint density at radius 2 is 0.607 bits per heavy atom. The largest absolute Gasteiger partial charge is 0.0622 e. The second-order valence-corrected chi connectivity index (χ2v) is 9.48. The van der Waals surface area contributed by atoms with Gasteiger partial charge in [-0.2, -0.15) is 0 Å². The van der Waals surface area contributed by atoms with E-state index in [2.05, 4.69) is 109 Å². The molecule has 0 bridgehead atoms. The lowest BCUT2D eigenvalue weighted by atomic mass is 10.0. The molecular formula is C26H20P2. The standard InChI is InChI=1S/C26H20P2/c1-3-11-19(12-4-1)27-25-21-15-7-9-17-23(21)26(24-18-10-8-16-22(24)25)28-20-13-5-2-6-14-20/h1-18,27-28H. The van der Waals surface area contributed by atoms with E-state index >= 15 is 0 Å². The van der Waals surface area contributed by atoms with Crippen LogP contribution < -0.4 is 21.2 Å². The minimum atomic E-state index is 0.652. The minimum absolute atomic E-state index is 0.652. The molecule has 134 valence electrons. The van der Waals surface area contributed by atoms with Crippen LogP contribution in [0.1, 0.15) is 0 Å². The summed E-state index contributed by atoms with van der Waals surface area (Å²) in [5.74, 6) is 0. The summed E-state index contributed by atoms with van der Waals surface area (Å²) >= 11 is 0. The van der Waals surface area contributed by atoms with E-state index in [9.17, 15) is 0 Å². The third-order valence-corrected chi connectivity index (χ3v) is 7.84. The molecule has 0 radical (unpaired) electrons. The molecule has 0 aliphatic heterocycles. The van der Waals surface area contributed by atoms with Crippen molar-refractivity contribution in [1.29, 1.82) is 0 Å². The first kappa shape index (κ1) is 17.6. The first-order valence-electron chi connectivity index (χ1n) is 9.48. The second kappa shape index (κ2) is 7.84. The molecule has 5 aromatic carbocycles. The van der Waals surface area contributed by atoms with Crippen molar-refractivity contribution < 1.29 is 0 Å². The molecule has 5 rings (SSSR count). The molecular weight excluding hydrogens is 374 g/mol. The molecule has 0 saturated carbocycles. The van der Waals surface area contributed by atoms with Crippen molar-refractivity contribution in [2.45, 2.75) is 0 Å². The lowest BCUT2D eigenvalue weighted by molar-refractivity contribution is 1.77. The van der Waals surface area contributed by atoms with Crippen molar-refractivity contribution in [3.8, 4) is 0 Å². The van der Waals surface area contributed by atoms with Gasteiger partial charge in [-0.15, -0.1) is 0 Å². The highest BCUT2D eigenvalue weighted by Crippen LogP contribution is 2.30. The van der Waals surface area contributed by atoms with Gasteiger partial charge in [-0.05, 0) is 42.8 Å². The topological polar surface area (TPSA) is 0 Å². The summed E-state index contributed by atoms with van der Waals surface area (Å²) in [6.07, 6.45) is 0. The number of fused-ring (bicyclic) bond motifs is 2. The Bertz CT molecular complexity index is 1090. The van der Waals surface area contributed by atoms with Gasteiger partial charge in [-0.1, -0.05) is 126 Å². The molecule has 0 spiro atoms. The predicted molar refractivity (Wildman–Crippen MR) is 130 cm³/mol. The monoisotopic (exact) mass is 394 g/mol. The predicted octanol–water partition coefficient (Wildman–Crippen LogP) is 5.25. The fourth-order valence-corrected chi connectivity index (χ4v) is 6.44. The van der Waals surface area contributed by atoms with Crippen LogP contribution in [0.15, 0.2) is 109 Å². The number of rotatable bonds is 4. The van der Waals surface area contributed by atoms with Crippen LogP contribution in [-0.4, -0.2) is 0 Å². The van der Waals surface area contributed by atoms with Gasteiger partial charge in [-0.3, -0.25) is 0 Å². The van der Waals surface area contributed by atoms with Crippen LogP contribution in [0.4, 0.5) is 0 Å². The molecule has 5 aromatic rings. The number of hydrogen-bond donors (Lipinski definition) is 0. The maximum absolute atomic E-state index is 2.30. The smallest absolute Gasteiger partial charge is 0.00695 e. The lowest BCUT2D eigenvalue weighted by Crippen LogP contribution is -2.14. The average Bonchev–Trinajstić information content (AvgIpc) is 2.77. The molecule has 2 atom stereocenters. The first-order chi connectivity index (χ1) is 13.9. The molecule has 0 fully saturated rings. The summed E-state index contributed by atoms with van der Waals surface area (Å²) in [6.45, 7) is 0. The maximum atomic E-state index is 2.30. The van der Waals surface area contributed by atoms with Gasteiger partial charge in [0.15, 0.2) is 0 Å². The van der Waals surface area contributed by atoms with Crippen LogP contribution in [-0.2, 0) is 0 Å². The fourth-order valence-electron chi connectivity index (χ4n) is 3.73. The zero-order valence-electron chi connectivity index (χ0n) is 15.4. The Balaban J connectivity index is 1.78. The highest BCUT2D eigenvalue weighted by molar-refractivity contribution is 7.58. The van der Waals surface area contributed by atoms with Gasteiger partial charge in [0, 0.05) is 0 Å². The third-order valence-electron chi connectivity index (χ3n) is 5.02. The van der Waals surface area contributed by atoms with E-state index in [1.54, 1.807) is 0 Å². The van der Waals surface area contributed by atoms with Gasteiger partial charge >= 0.3 is 0 Å². The molecule has 0 amide bonds. The summed E-state index contributed by atoms with van der Waals surface area (Å²) in [6, 6.07) is 39.6. The van der Waals surface area contributed by atoms with Crippen LogP contribution in [0.25, 0.3) is 21.5 Å². The highest BCUT2D eigenvalue weighted by atomic mass is 31.1. The van der Waals surface area contributed by atoms with Crippen molar-refractivity contribution in [1.82, 2.24) is 0 Å². The molecule has 28 heavy (non-hydrogen) atoms. The van der Waals surface area contributed by atoms with E-state index in [1.807, 2.05) is 0 Å². The molecule has 0 aliphatic rings. The molecule has 0 saturated heterocycles. The van der Waals surface area contributed by atoms with E-state index in [0.29, 0.717) is 17.2 Å². The first-order valence-corrected chi connectivity index (χ1v) is 11.5. The fraction of sp³-hybridized carbons (Fsp3) is 0. The zero-order chi connectivity index (χ0) is 18.8. The van der Waals surface area contributed by atoms with Crippen LogP contribution in [0, 0.1) is 0 Å². The van der Waals surface area contributed by atoms with E-state index in [-0.39, 0.29) is 0 Å². The Kier molecular flexibility index (Phi) is 4.92. The van der Waals surface area contributed by atoms with E-state index in [0.717, 1.165) is 0 Å². The van der Waals surface area contributed by atoms with Gasteiger partial charge < -0.3 is 0 Å². The van der Waals surface area contributed by atoms with Crippen molar-refractivity contribution >= 4 is 59.9 Å². The van der Waals surface area contributed by atoms with E-state index in [1.165, 1.54) is 42.8 Å². The Hall–Kier alpha value is -2.52. The van der Waals surface area contributed by atoms with Gasteiger partial charge in [0.2, 0.25) is 0 Å². The molecule has 0 aliphatic carbocycles. The third kappa shape index (κ3) is 3.35. The molecule has 0 N–H and O–H groups in total. The summed E-state index contributed by atoms with van der Waals surface area (Å²) in [5.41, 5.74) is 0. The molecule has 0 heterocycles. The van der Waals surface area contributed by atoms with Crippen molar-refractivity contribution in [2.75, 3.05) is 0 Å². The second-order valence-electron chi connectivity index (χ2n) is 6.82. The minimum Gasteiger partial charge on any atom is -0.0622 e. The quantitative estimate of drug-likeness (QED) is 0.288. The zero-order valence-corrected chi connectivity index (χ0v) is 17.4. The van der Waals surface area contributed by atoms with Crippen molar-refractivity contribution in [3.05, 3.63) is 109 Å². The summed E-state index contributed by atoms with van der Waals surface area (Å²) < 4.78 is 0. The van der Waals surface area contributed by atoms with Gasteiger partial charge in [-0.25, -0.2) is 0 Å². The SMILES string of the molecule is c1ccc(Pc2c3ccccc3c(Pc3ccccc3)c3ccccc23)cc1. The van der Waals surface area contributed by atoms with Crippen LogP contribution in [0.2, 0.25) is 0 Å². The van der Waals surface area contributed by atoms with Crippen LogP contribution >= 0.6 is 17.2 Å². The molecule has 2 heteroatoms. The Morgan fingerprint density at radius 1 is 0.321 bits per heavy atom. The normalized spacial score (nSPS) is 12.0. The van der Waals surface area contributed by atoms with Crippen molar-refractivity contribution in [2.24, 2.45) is 0 Å². The lowest BCUT2D eigenvalue weighted by Gasteiger charge is -2.17. The maximum Gasteiger partial charge on any atom is -0.00695 e. The van der Waals surface area contributed by atoms with E-state index < -0.39 is 0 Å². The van der Waals surface area contributed by atoms with E-state index in [4.69, 9.17) is 0 Å². The van der Waals surface area contributed by atoms with Crippen molar-refractivity contribution in [3.63, 3.8) is 0 Å². The van der Waals surface area contributed by atoms with Gasteiger partial charge in [0.05, 0.1) is 0 Å². The Labute approximate surface area is 169 Å². The molecule has 0 nitrogen and oxygen atoms in total. The highest BCUT2D eigenvalue weighted by Gasteiger charge is 2.14. The summed E-state index contributed by atoms with van der Waals surface area (Å²) in [5, 5.41) is 11.2. The average molecular weight is 394 g/mol. The number of hydrogen-bond acceptors (Lipinski definition) is 0. The van der Waals surface area contributed by atoms with Gasteiger partial charge in [0.25, 0.3) is 0 Å². The molecule has 2 unspecified atom stereocenters. The van der Waals surface area contributed by atoms with Crippen LogP contribution in [0.5, 0.6) is 0 Å². The molecule has 0 aromatic heterocycles. The van der Waals surface area contributed by atoms with Gasteiger partial charge in [0.1, 0.15) is 0 Å². The Morgan fingerprint density at radius 3 is 0.929 bits per heavy atom. The number of benzene rings is 5.